The van der Waals surface area contributed by atoms with Gasteiger partial charge in [-0.25, -0.2) is 0 Å². The molecule has 0 saturated heterocycles. The Bertz CT molecular complexity index is 480. The maximum atomic E-state index is 10.3. The number of hydrogen-bond donors (Lipinski definition) is 2. The Morgan fingerprint density at radius 1 is 1.33 bits per heavy atom. The summed E-state index contributed by atoms with van der Waals surface area (Å²) in [6.45, 7) is 1.47. The van der Waals surface area contributed by atoms with Crippen LogP contribution in [0, 0.1) is 0 Å². The van der Waals surface area contributed by atoms with Crippen molar-refractivity contribution in [2.24, 2.45) is 5.73 Å². The molecule has 2 aliphatic rings. The summed E-state index contributed by atoms with van der Waals surface area (Å²) in [5.41, 5.74) is 6.43. The first-order chi connectivity index (χ1) is 8.68. The molecule has 1 aromatic carbocycles. The van der Waals surface area contributed by atoms with Crippen molar-refractivity contribution in [3.8, 4) is 17.2 Å². The number of halogens is 1. The van der Waals surface area contributed by atoms with Crippen molar-refractivity contribution in [3.63, 3.8) is 0 Å². The number of benzene rings is 1. The Morgan fingerprint density at radius 2 is 2.06 bits per heavy atom. The van der Waals surface area contributed by atoms with Crippen LogP contribution in [0.3, 0.4) is 0 Å². The van der Waals surface area contributed by atoms with Crippen LogP contribution in [0.4, 0.5) is 0 Å². The highest BCUT2D eigenvalue weighted by Crippen LogP contribution is 2.55. The van der Waals surface area contributed by atoms with Crippen LogP contribution in [0.1, 0.15) is 24.8 Å². The number of rotatable bonds is 2. The molecule has 5 heteroatoms. The lowest BCUT2D eigenvalue weighted by Gasteiger charge is -2.43. The van der Waals surface area contributed by atoms with Gasteiger partial charge in [-0.2, -0.15) is 0 Å². The minimum atomic E-state index is -0.209. The molecule has 0 bridgehead atoms. The Kier molecular flexibility index (Phi) is 2.79. The van der Waals surface area contributed by atoms with Crippen molar-refractivity contribution in [1.82, 2.24) is 0 Å². The van der Waals surface area contributed by atoms with Crippen LogP contribution in [-0.2, 0) is 5.41 Å². The van der Waals surface area contributed by atoms with E-state index >= 15 is 0 Å². The summed E-state index contributed by atoms with van der Waals surface area (Å²) < 4.78 is 11.2. The lowest BCUT2D eigenvalue weighted by atomic mass is 9.64. The first-order valence-electron chi connectivity index (χ1n) is 6.19. The molecule has 0 spiro atoms. The molecule has 1 heterocycles. The van der Waals surface area contributed by atoms with Crippen LogP contribution in [0.15, 0.2) is 6.07 Å². The molecule has 4 nitrogen and oxygen atoms in total. The number of phenolic OH excluding ortho intramolecular Hbond substituents is 1. The fourth-order valence-electron chi connectivity index (χ4n) is 2.80. The van der Waals surface area contributed by atoms with Gasteiger partial charge in [0.2, 0.25) is 0 Å². The lowest BCUT2D eigenvalue weighted by Crippen LogP contribution is -2.42. The van der Waals surface area contributed by atoms with Gasteiger partial charge in [0.1, 0.15) is 19.0 Å². The van der Waals surface area contributed by atoms with Crippen molar-refractivity contribution in [3.05, 3.63) is 16.7 Å². The smallest absolute Gasteiger partial charge is 0.168 e. The zero-order valence-corrected chi connectivity index (χ0v) is 10.8. The third-order valence-corrected chi connectivity index (χ3v) is 4.28. The standard InChI is InChI=1S/C13H16ClNO3/c14-8-6-9-12(18-5-4-17-9)10(11(8)16)13(7-15)2-1-3-13/h6,16H,1-5,7,15H2. The van der Waals surface area contributed by atoms with Crippen molar-refractivity contribution in [2.75, 3.05) is 19.8 Å². The molecule has 1 aromatic rings. The molecule has 1 aliphatic heterocycles. The highest BCUT2D eigenvalue weighted by molar-refractivity contribution is 6.32. The molecule has 0 radical (unpaired) electrons. The lowest BCUT2D eigenvalue weighted by molar-refractivity contribution is 0.157. The number of phenols is 1. The summed E-state index contributed by atoms with van der Waals surface area (Å²) in [7, 11) is 0. The van der Waals surface area contributed by atoms with Crippen molar-refractivity contribution in [1.29, 1.82) is 0 Å². The van der Waals surface area contributed by atoms with E-state index in [0.717, 1.165) is 24.8 Å². The maximum absolute atomic E-state index is 10.3. The minimum Gasteiger partial charge on any atom is -0.506 e. The van der Waals surface area contributed by atoms with E-state index in [-0.39, 0.29) is 11.2 Å². The molecule has 0 aromatic heterocycles. The van der Waals surface area contributed by atoms with E-state index in [2.05, 4.69) is 0 Å². The highest BCUT2D eigenvalue weighted by atomic mass is 35.5. The maximum Gasteiger partial charge on any atom is 0.168 e. The van der Waals surface area contributed by atoms with Gasteiger partial charge in [0.15, 0.2) is 11.5 Å². The molecule has 0 amide bonds. The normalized spacial score (nSPS) is 20.3. The summed E-state index contributed by atoms with van der Waals surface area (Å²) in [4.78, 5) is 0. The second-order valence-corrected chi connectivity index (χ2v) is 5.35. The molecule has 3 N–H and O–H groups in total. The van der Waals surface area contributed by atoms with Crippen LogP contribution >= 0.6 is 11.6 Å². The van der Waals surface area contributed by atoms with Crippen molar-refractivity contribution < 1.29 is 14.6 Å². The van der Waals surface area contributed by atoms with Gasteiger partial charge < -0.3 is 20.3 Å². The Labute approximate surface area is 111 Å². The number of fused-ring (bicyclic) bond motifs is 1. The number of nitrogens with two attached hydrogens (primary N) is 1. The largest absolute Gasteiger partial charge is 0.506 e. The Hall–Kier alpha value is -1.13. The zero-order valence-electron chi connectivity index (χ0n) is 10.0. The minimum absolute atomic E-state index is 0.0890. The highest BCUT2D eigenvalue weighted by Gasteiger charge is 2.43. The average Bonchev–Trinajstić information content (AvgIpc) is 2.33. The average molecular weight is 270 g/mol. The first-order valence-corrected chi connectivity index (χ1v) is 6.57. The third kappa shape index (κ3) is 1.56. The van der Waals surface area contributed by atoms with E-state index < -0.39 is 0 Å². The molecule has 3 rings (SSSR count). The molecular weight excluding hydrogens is 254 g/mol. The summed E-state index contributed by atoms with van der Waals surface area (Å²) >= 11 is 6.07. The van der Waals surface area contributed by atoms with Gasteiger partial charge in [-0.1, -0.05) is 18.0 Å². The van der Waals surface area contributed by atoms with E-state index in [4.69, 9.17) is 26.8 Å². The molecule has 98 valence electrons. The van der Waals surface area contributed by atoms with Gasteiger partial charge in [-0.05, 0) is 12.8 Å². The first kappa shape index (κ1) is 11.9. The fourth-order valence-corrected chi connectivity index (χ4v) is 2.99. The fraction of sp³-hybridized carbons (Fsp3) is 0.538. The predicted octanol–water partition coefficient (Wildman–Crippen LogP) is 2.20. The summed E-state index contributed by atoms with van der Waals surface area (Å²) in [6.07, 6.45) is 3.01. The van der Waals surface area contributed by atoms with Gasteiger partial charge >= 0.3 is 0 Å². The van der Waals surface area contributed by atoms with Crippen molar-refractivity contribution in [2.45, 2.75) is 24.7 Å². The van der Waals surface area contributed by atoms with Crippen molar-refractivity contribution >= 4 is 11.6 Å². The second kappa shape index (κ2) is 4.21. The van der Waals surface area contributed by atoms with Gasteiger partial charge in [0, 0.05) is 23.6 Å². The Morgan fingerprint density at radius 3 is 2.67 bits per heavy atom. The van der Waals surface area contributed by atoms with Gasteiger partial charge in [-0.15, -0.1) is 0 Å². The van der Waals surface area contributed by atoms with Crippen LogP contribution in [0.2, 0.25) is 5.02 Å². The third-order valence-electron chi connectivity index (χ3n) is 3.99. The molecule has 1 aliphatic carbocycles. The predicted molar refractivity (Wildman–Crippen MR) is 68.7 cm³/mol. The van der Waals surface area contributed by atoms with E-state index in [1.807, 2.05) is 0 Å². The number of aromatic hydroxyl groups is 1. The molecule has 18 heavy (non-hydrogen) atoms. The monoisotopic (exact) mass is 269 g/mol. The van der Waals surface area contributed by atoms with Gasteiger partial charge in [0.25, 0.3) is 0 Å². The molecule has 1 saturated carbocycles. The van der Waals surface area contributed by atoms with Gasteiger partial charge in [0.05, 0.1) is 5.02 Å². The van der Waals surface area contributed by atoms with Gasteiger partial charge in [-0.3, -0.25) is 0 Å². The topological polar surface area (TPSA) is 64.7 Å². The zero-order chi connectivity index (χ0) is 12.8. The van der Waals surface area contributed by atoms with E-state index in [9.17, 15) is 5.11 Å². The molecular formula is C13H16ClNO3. The summed E-state index contributed by atoms with van der Waals surface area (Å²) in [6, 6.07) is 1.61. The summed E-state index contributed by atoms with van der Waals surface area (Å²) in [5, 5.41) is 10.6. The SMILES string of the molecule is NCC1(c2c(O)c(Cl)cc3c2OCCO3)CCC1. The van der Waals surface area contributed by atoms with E-state index in [0.29, 0.717) is 36.3 Å². The van der Waals surface area contributed by atoms with E-state index in [1.165, 1.54) is 0 Å². The Balaban J connectivity index is 2.20. The molecule has 0 unspecified atom stereocenters. The molecule has 0 atom stereocenters. The van der Waals surface area contributed by atoms with E-state index in [1.54, 1.807) is 6.07 Å². The van der Waals surface area contributed by atoms with Crippen LogP contribution < -0.4 is 15.2 Å². The number of ether oxygens (including phenoxy) is 2. The number of hydrogen-bond acceptors (Lipinski definition) is 4. The van der Waals surface area contributed by atoms with Crippen LogP contribution in [-0.4, -0.2) is 24.9 Å². The van der Waals surface area contributed by atoms with Crippen LogP contribution in [0.5, 0.6) is 17.2 Å². The quantitative estimate of drug-likeness (QED) is 0.864. The summed E-state index contributed by atoms with van der Waals surface area (Å²) in [5.74, 6) is 1.32. The van der Waals surface area contributed by atoms with Crippen LogP contribution in [0.25, 0.3) is 0 Å². The molecule has 1 fully saturated rings. The second-order valence-electron chi connectivity index (χ2n) is 4.94.